The fourth-order valence-corrected chi connectivity index (χ4v) is 0.695. The fraction of sp³-hybridized carbons (Fsp3) is 0. The predicted octanol–water partition coefficient (Wildman–Crippen LogP) is 2.17. The van der Waals surface area contributed by atoms with E-state index in [1.165, 1.54) is 0 Å². The Kier molecular flexibility index (Phi) is 2.15. The first-order chi connectivity index (χ1) is 4.61. The summed E-state index contributed by atoms with van der Waals surface area (Å²) < 4.78 is 24.2. The summed E-state index contributed by atoms with van der Waals surface area (Å²) in [6.07, 6.45) is -1.18. The van der Waals surface area contributed by atoms with Crippen LogP contribution in [-0.4, -0.2) is 9.97 Å². The summed E-state index contributed by atoms with van der Waals surface area (Å²) >= 11 is 7.96. The average Bonchev–Trinajstić information content (AvgIpc) is 1.82. The highest BCUT2D eigenvalue weighted by molar-refractivity contribution is 9.10. The lowest BCUT2D eigenvalue weighted by atomic mass is 10.6. The predicted molar refractivity (Wildman–Crippen MR) is 34.7 cm³/mol. The SMILES string of the molecule is Fc1nc(F)c(Br)c(Cl)n1. The Hall–Kier alpha value is -0.290. The molecule has 2 nitrogen and oxygen atoms in total. The van der Waals surface area contributed by atoms with E-state index in [-0.39, 0.29) is 9.63 Å². The van der Waals surface area contributed by atoms with E-state index in [9.17, 15) is 8.78 Å². The minimum Gasteiger partial charge on any atom is -0.189 e. The molecular formula is C4BrClF2N2. The average molecular weight is 229 g/mol. The van der Waals surface area contributed by atoms with E-state index in [0.29, 0.717) is 0 Å². The first-order valence-corrected chi connectivity index (χ1v) is 3.32. The largest absolute Gasteiger partial charge is 0.312 e. The minimum atomic E-state index is -1.18. The molecule has 0 aromatic carbocycles. The normalized spacial score (nSPS) is 10.0. The van der Waals surface area contributed by atoms with Gasteiger partial charge in [0, 0.05) is 0 Å². The van der Waals surface area contributed by atoms with Crippen LogP contribution in [0.5, 0.6) is 0 Å². The summed E-state index contributed by atoms with van der Waals surface area (Å²) in [5.41, 5.74) is 0. The third-order valence-electron chi connectivity index (χ3n) is 0.743. The van der Waals surface area contributed by atoms with Crippen LogP contribution in [0.25, 0.3) is 0 Å². The van der Waals surface area contributed by atoms with Crippen LogP contribution in [0.4, 0.5) is 8.78 Å². The van der Waals surface area contributed by atoms with E-state index in [2.05, 4.69) is 25.9 Å². The molecule has 0 radical (unpaired) electrons. The number of halogens is 4. The molecule has 54 valence electrons. The van der Waals surface area contributed by atoms with Gasteiger partial charge in [-0.15, -0.1) is 0 Å². The highest BCUT2D eigenvalue weighted by atomic mass is 79.9. The number of aromatic nitrogens is 2. The highest BCUT2D eigenvalue weighted by Gasteiger charge is 2.08. The van der Waals surface area contributed by atoms with Gasteiger partial charge in [-0.1, -0.05) is 11.6 Å². The molecule has 10 heavy (non-hydrogen) atoms. The molecular weight excluding hydrogens is 229 g/mol. The first kappa shape index (κ1) is 7.81. The second-order valence-corrected chi connectivity index (χ2v) is 2.54. The van der Waals surface area contributed by atoms with E-state index >= 15 is 0 Å². The molecule has 0 atom stereocenters. The van der Waals surface area contributed by atoms with Crippen molar-refractivity contribution in [2.75, 3.05) is 0 Å². The molecule has 0 aliphatic carbocycles. The van der Waals surface area contributed by atoms with E-state index in [1.54, 1.807) is 0 Å². The molecule has 0 bridgehead atoms. The van der Waals surface area contributed by atoms with Gasteiger partial charge in [0.2, 0.25) is 5.95 Å². The van der Waals surface area contributed by atoms with E-state index in [0.717, 1.165) is 0 Å². The van der Waals surface area contributed by atoms with Gasteiger partial charge in [0.25, 0.3) is 0 Å². The molecule has 1 aromatic heterocycles. The summed E-state index contributed by atoms with van der Waals surface area (Å²) in [5, 5.41) is -0.273. The first-order valence-electron chi connectivity index (χ1n) is 2.15. The Morgan fingerprint density at radius 1 is 1.30 bits per heavy atom. The zero-order valence-corrected chi connectivity index (χ0v) is 6.75. The smallest absolute Gasteiger partial charge is 0.189 e. The van der Waals surface area contributed by atoms with E-state index < -0.39 is 12.0 Å². The molecule has 0 fully saturated rings. The standard InChI is InChI=1S/C4BrClF2N2/c5-1-2(6)9-4(8)10-3(1)7. The molecule has 6 heteroatoms. The molecule has 1 rings (SSSR count). The maximum Gasteiger partial charge on any atom is 0.312 e. The van der Waals surface area contributed by atoms with Gasteiger partial charge in [0.15, 0.2) is 5.15 Å². The quantitative estimate of drug-likeness (QED) is 0.503. The van der Waals surface area contributed by atoms with Crippen LogP contribution in [0, 0.1) is 12.0 Å². The third kappa shape index (κ3) is 1.41. The number of hydrogen-bond acceptors (Lipinski definition) is 2. The van der Waals surface area contributed by atoms with Crippen molar-refractivity contribution in [3.05, 3.63) is 21.7 Å². The Morgan fingerprint density at radius 3 is 2.40 bits per heavy atom. The van der Waals surface area contributed by atoms with Gasteiger partial charge < -0.3 is 0 Å². The van der Waals surface area contributed by atoms with Crippen molar-refractivity contribution in [2.24, 2.45) is 0 Å². The van der Waals surface area contributed by atoms with Crippen LogP contribution >= 0.6 is 27.5 Å². The maximum atomic E-state index is 12.3. The van der Waals surface area contributed by atoms with Crippen molar-refractivity contribution in [3.8, 4) is 0 Å². The lowest BCUT2D eigenvalue weighted by molar-refractivity contribution is 0.478. The zero-order valence-electron chi connectivity index (χ0n) is 4.41. The Morgan fingerprint density at radius 2 is 1.90 bits per heavy atom. The third-order valence-corrected chi connectivity index (χ3v) is 1.95. The molecule has 0 saturated heterocycles. The number of rotatable bonds is 0. The monoisotopic (exact) mass is 228 g/mol. The molecule has 1 aromatic rings. The summed E-state index contributed by atoms with van der Waals surface area (Å²) in [7, 11) is 0. The number of hydrogen-bond donors (Lipinski definition) is 0. The molecule has 0 N–H and O–H groups in total. The van der Waals surface area contributed by atoms with Gasteiger partial charge in [-0.25, -0.2) is 0 Å². The van der Waals surface area contributed by atoms with Gasteiger partial charge in [0.05, 0.1) is 0 Å². The van der Waals surface area contributed by atoms with Gasteiger partial charge >= 0.3 is 6.08 Å². The maximum absolute atomic E-state index is 12.3. The van der Waals surface area contributed by atoms with Gasteiger partial charge in [-0.05, 0) is 15.9 Å². The second-order valence-electron chi connectivity index (χ2n) is 1.39. The summed E-state index contributed by atoms with van der Waals surface area (Å²) in [5.74, 6) is -1.00. The molecule has 1 heterocycles. The van der Waals surface area contributed by atoms with Crippen LogP contribution < -0.4 is 0 Å². The van der Waals surface area contributed by atoms with Crippen molar-refractivity contribution in [1.82, 2.24) is 9.97 Å². The van der Waals surface area contributed by atoms with Crippen molar-refractivity contribution in [2.45, 2.75) is 0 Å². The second kappa shape index (κ2) is 2.75. The van der Waals surface area contributed by atoms with Crippen LogP contribution in [-0.2, 0) is 0 Å². The molecule has 0 aliphatic heterocycles. The van der Waals surface area contributed by atoms with Crippen molar-refractivity contribution in [1.29, 1.82) is 0 Å². The Labute approximate surface area is 68.4 Å². The van der Waals surface area contributed by atoms with Crippen LogP contribution in [0.2, 0.25) is 5.15 Å². The molecule has 0 aliphatic rings. The van der Waals surface area contributed by atoms with Crippen LogP contribution in [0.1, 0.15) is 0 Å². The molecule has 0 saturated carbocycles. The van der Waals surface area contributed by atoms with Gasteiger partial charge in [-0.2, -0.15) is 18.7 Å². The minimum absolute atomic E-state index is 0.129. The molecule has 0 spiro atoms. The summed E-state index contributed by atoms with van der Waals surface area (Å²) in [6, 6.07) is 0. The molecule has 0 unspecified atom stereocenters. The van der Waals surface area contributed by atoms with Crippen LogP contribution in [0.15, 0.2) is 4.47 Å². The van der Waals surface area contributed by atoms with Crippen molar-refractivity contribution < 1.29 is 8.78 Å². The summed E-state index contributed by atoms with van der Waals surface area (Å²) in [6.45, 7) is 0. The Bertz CT molecular complexity index is 244. The van der Waals surface area contributed by atoms with Gasteiger partial charge in [-0.3, -0.25) is 0 Å². The van der Waals surface area contributed by atoms with Gasteiger partial charge in [0.1, 0.15) is 4.47 Å². The zero-order chi connectivity index (χ0) is 7.72. The topological polar surface area (TPSA) is 25.8 Å². The highest BCUT2D eigenvalue weighted by Crippen LogP contribution is 2.21. The van der Waals surface area contributed by atoms with E-state index in [4.69, 9.17) is 11.6 Å². The Balaban J connectivity index is 3.31. The summed E-state index contributed by atoms with van der Waals surface area (Å²) in [4.78, 5) is 5.79. The lowest BCUT2D eigenvalue weighted by Gasteiger charge is -1.93. The van der Waals surface area contributed by atoms with Crippen molar-refractivity contribution >= 4 is 27.5 Å². The van der Waals surface area contributed by atoms with Crippen molar-refractivity contribution in [3.63, 3.8) is 0 Å². The molecule has 0 amide bonds. The lowest BCUT2D eigenvalue weighted by Crippen LogP contribution is -1.94. The van der Waals surface area contributed by atoms with Crippen LogP contribution in [0.3, 0.4) is 0 Å². The number of nitrogens with zero attached hydrogens (tertiary/aromatic N) is 2. The van der Waals surface area contributed by atoms with E-state index in [1.807, 2.05) is 0 Å². The fourth-order valence-electron chi connectivity index (χ4n) is 0.370.